The van der Waals surface area contributed by atoms with Gasteiger partial charge in [-0.2, -0.15) is 0 Å². The standard InChI is InChI=1S/C14H26N4O/c1-6-11(7-2)18(4)14-9-12(15-8-3)16-13(17-14)10-19-5/h9,11H,6-8,10H2,1-5H3,(H,15,16,17). The van der Waals surface area contributed by atoms with Gasteiger partial charge >= 0.3 is 0 Å². The topological polar surface area (TPSA) is 50.3 Å². The van der Waals surface area contributed by atoms with Crippen LogP contribution in [0.2, 0.25) is 0 Å². The van der Waals surface area contributed by atoms with E-state index in [0.29, 0.717) is 18.5 Å². The van der Waals surface area contributed by atoms with Crippen molar-refractivity contribution in [2.24, 2.45) is 0 Å². The van der Waals surface area contributed by atoms with Crippen LogP contribution in [-0.4, -0.2) is 36.7 Å². The maximum absolute atomic E-state index is 5.14. The van der Waals surface area contributed by atoms with E-state index >= 15 is 0 Å². The van der Waals surface area contributed by atoms with E-state index in [4.69, 9.17) is 4.74 Å². The predicted molar refractivity (Wildman–Crippen MR) is 79.7 cm³/mol. The summed E-state index contributed by atoms with van der Waals surface area (Å²) in [5.74, 6) is 2.53. The molecule has 0 fully saturated rings. The number of hydrogen-bond donors (Lipinski definition) is 1. The molecule has 0 spiro atoms. The van der Waals surface area contributed by atoms with Crippen LogP contribution in [0.15, 0.2) is 6.07 Å². The summed E-state index contributed by atoms with van der Waals surface area (Å²) in [6, 6.07) is 2.50. The van der Waals surface area contributed by atoms with E-state index in [-0.39, 0.29) is 0 Å². The number of rotatable bonds is 8. The highest BCUT2D eigenvalue weighted by Crippen LogP contribution is 2.19. The monoisotopic (exact) mass is 266 g/mol. The summed E-state index contributed by atoms with van der Waals surface area (Å²) < 4.78 is 5.14. The zero-order valence-corrected chi connectivity index (χ0v) is 12.7. The molecule has 19 heavy (non-hydrogen) atoms. The first-order valence-electron chi connectivity index (χ1n) is 6.99. The largest absolute Gasteiger partial charge is 0.377 e. The van der Waals surface area contributed by atoms with Crippen molar-refractivity contribution in [1.29, 1.82) is 0 Å². The Labute approximate surface area is 116 Å². The van der Waals surface area contributed by atoms with Gasteiger partial charge in [0.05, 0.1) is 0 Å². The lowest BCUT2D eigenvalue weighted by atomic mass is 10.1. The molecule has 0 amide bonds. The molecule has 0 saturated heterocycles. The third-order valence-electron chi connectivity index (χ3n) is 3.24. The maximum Gasteiger partial charge on any atom is 0.158 e. The molecule has 1 aromatic heterocycles. The lowest BCUT2D eigenvalue weighted by molar-refractivity contribution is 0.178. The molecule has 0 aromatic carbocycles. The van der Waals surface area contributed by atoms with Crippen LogP contribution in [0.5, 0.6) is 0 Å². The molecule has 0 radical (unpaired) electrons. The molecule has 1 heterocycles. The lowest BCUT2D eigenvalue weighted by Crippen LogP contribution is -2.31. The molecule has 0 bridgehead atoms. The number of aromatic nitrogens is 2. The van der Waals surface area contributed by atoms with Crippen molar-refractivity contribution in [3.63, 3.8) is 0 Å². The van der Waals surface area contributed by atoms with Crippen molar-refractivity contribution in [2.45, 2.75) is 46.3 Å². The number of ether oxygens (including phenoxy) is 1. The molecule has 0 atom stereocenters. The van der Waals surface area contributed by atoms with Crippen molar-refractivity contribution in [1.82, 2.24) is 9.97 Å². The second-order valence-electron chi connectivity index (χ2n) is 4.57. The Morgan fingerprint density at radius 1 is 1.26 bits per heavy atom. The van der Waals surface area contributed by atoms with E-state index in [9.17, 15) is 0 Å². The molecule has 1 N–H and O–H groups in total. The SMILES string of the molecule is CCNc1cc(N(C)C(CC)CC)nc(COC)n1. The minimum Gasteiger partial charge on any atom is -0.377 e. The summed E-state index contributed by atoms with van der Waals surface area (Å²) in [6.07, 6.45) is 2.21. The Kier molecular flexibility index (Phi) is 6.56. The summed E-state index contributed by atoms with van der Waals surface area (Å²) in [5.41, 5.74) is 0. The van der Waals surface area contributed by atoms with Gasteiger partial charge in [-0.3, -0.25) is 0 Å². The highest BCUT2D eigenvalue weighted by atomic mass is 16.5. The second kappa shape index (κ2) is 7.94. The molecular formula is C14H26N4O. The van der Waals surface area contributed by atoms with Gasteiger partial charge in [0.25, 0.3) is 0 Å². The van der Waals surface area contributed by atoms with E-state index in [1.54, 1.807) is 7.11 Å². The smallest absolute Gasteiger partial charge is 0.158 e. The highest BCUT2D eigenvalue weighted by molar-refractivity contribution is 5.49. The average Bonchev–Trinajstić information content (AvgIpc) is 2.40. The summed E-state index contributed by atoms with van der Waals surface area (Å²) in [7, 11) is 3.75. The average molecular weight is 266 g/mol. The lowest BCUT2D eigenvalue weighted by Gasteiger charge is -2.27. The third kappa shape index (κ3) is 4.35. The van der Waals surface area contributed by atoms with Gasteiger partial charge in [-0.1, -0.05) is 13.8 Å². The molecule has 5 nitrogen and oxygen atoms in total. The van der Waals surface area contributed by atoms with Crippen LogP contribution < -0.4 is 10.2 Å². The van der Waals surface area contributed by atoms with Crippen LogP contribution in [0.1, 0.15) is 39.4 Å². The van der Waals surface area contributed by atoms with E-state index < -0.39 is 0 Å². The third-order valence-corrected chi connectivity index (χ3v) is 3.24. The highest BCUT2D eigenvalue weighted by Gasteiger charge is 2.14. The van der Waals surface area contributed by atoms with E-state index in [1.165, 1.54) is 0 Å². The van der Waals surface area contributed by atoms with Gasteiger partial charge in [-0.05, 0) is 19.8 Å². The van der Waals surface area contributed by atoms with E-state index in [0.717, 1.165) is 31.0 Å². The second-order valence-corrected chi connectivity index (χ2v) is 4.57. The van der Waals surface area contributed by atoms with Gasteiger partial charge in [-0.15, -0.1) is 0 Å². The molecular weight excluding hydrogens is 240 g/mol. The van der Waals surface area contributed by atoms with Crippen LogP contribution in [0, 0.1) is 0 Å². The van der Waals surface area contributed by atoms with Crippen molar-refractivity contribution >= 4 is 11.6 Å². The number of nitrogens with zero attached hydrogens (tertiary/aromatic N) is 3. The fourth-order valence-electron chi connectivity index (χ4n) is 2.15. The van der Waals surface area contributed by atoms with Crippen molar-refractivity contribution in [3.8, 4) is 0 Å². The molecule has 0 saturated carbocycles. The molecule has 1 aromatic rings. The van der Waals surface area contributed by atoms with Crippen LogP contribution >= 0.6 is 0 Å². The summed E-state index contributed by atoms with van der Waals surface area (Å²) in [5, 5.41) is 3.24. The quantitative estimate of drug-likeness (QED) is 0.784. The van der Waals surface area contributed by atoms with Gasteiger partial charge in [0.1, 0.15) is 18.2 Å². The minimum atomic E-state index is 0.434. The number of hydrogen-bond acceptors (Lipinski definition) is 5. The number of nitrogens with one attached hydrogen (secondary N) is 1. The fourth-order valence-corrected chi connectivity index (χ4v) is 2.15. The fraction of sp³-hybridized carbons (Fsp3) is 0.714. The Balaban J connectivity index is 3.03. The molecule has 0 aliphatic heterocycles. The first-order chi connectivity index (χ1) is 9.15. The molecule has 5 heteroatoms. The maximum atomic E-state index is 5.14. The predicted octanol–water partition coefficient (Wildman–Crippen LogP) is 2.68. The first-order valence-corrected chi connectivity index (χ1v) is 6.99. The molecule has 108 valence electrons. The van der Waals surface area contributed by atoms with Gasteiger partial charge in [0, 0.05) is 32.8 Å². The Hall–Kier alpha value is -1.36. The Morgan fingerprint density at radius 2 is 1.95 bits per heavy atom. The van der Waals surface area contributed by atoms with Crippen molar-refractivity contribution in [2.75, 3.05) is 30.9 Å². The van der Waals surface area contributed by atoms with E-state index in [2.05, 4.69) is 48.0 Å². The van der Waals surface area contributed by atoms with Crippen LogP contribution in [-0.2, 0) is 11.3 Å². The van der Waals surface area contributed by atoms with Crippen LogP contribution in [0.25, 0.3) is 0 Å². The molecule has 0 aliphatic rings. The number of methoxy groups -OCH3 is 1. The van der Waals surface area contributed by atoms with Crippen LogP contribution in [0.3, 0.4) is 0 Å². The number of anilines is 2. The van der Waals surface area contributed by atoms with Gasteiger partial charge in [-0.25, -0.2) is 9.97 Å². The Bertz CT molecular complexity index is 355. The summed E-state index contributed by atoms with van der Waals surface area (Å²) >= 11 is 0. The van der Waals surface area contributed by atoms with Gasteiger partial charge < -0.3 is 15.0 Å². The first kappa shape index (κ1) is 15.7. The Morgan fingerprint density at radius 3 is 2.47 bits per heavy atom. The molecule has 1 rings (SSSR count). The summed E-state index contributed by atoms with van der Waals surface area (Å²) in [4.78, 5) is 11.2. The van der Waals surface area contributed by atoms with Gasteiger partial charge in [0.15, 0.2) is 5.82 Å². The minimum absolute atomic E-state index is 0.434. The zero-order chi connectivity index (χ0) is 14.3. The van der Waals surface area contributed by atoms with E-state index in [1.807, 2.05) is 6.07 Å². The summed E-state index contributed by atoms with van der Waals surface area (Å²) in [6.45, 7) is 7.74. The van der Waals surface area contributed by atoms with Gasteiger partial charge in [0.2, 0.25) is 0 Å². The van der Waals surface area contributed by atoms with Crippen LogP contribution in [0.4, 0.5) is 11.6 Å². The normalized spacial score (nSPS) is 10.8. The zero-order valence-electron chi connectivity index (χ0n) is 12.7. The van der Waals surface area contributed by atoms with Crippen molar-refractivity contribution in [3.05, 3.63) is 11.9 Å². The molecule has 0 aliphatic carbocycles. The van der Waals surface area contributed by atoms with Crippen molar-refractivity contribution < 1.29 is 4.74 Å². The molecule has 0 unspecified atom stereocenters.